The molecular weight excluding hydrogens is 282 g/mol. The molecule has 1 fully saturated rings. The Morgan fingerprint density at radius 3 is 2.95 bits per heavy atom. The molecule has 2 N–H and O–H groups in total. The molecule has 8 heteroatoms. The number of carbonyl (C=O) groups is 1. The first-order valence-electron chi connectivity index (χ1n) is 7.54. The lowest BCUT2D eigenvalue weighted by Crippen LogP contribution is -2.45. The van der Waals surface area contributed by atoms with Crippen LogP contribution in [0.25, 0.3) is 5.65 Å². The molecular formula is C14H21N7O. The van der Waals surface area contributed by atoms with Crippen LogP contribution in [0.15, 0.2) is 12.1 Å². The summed E-state index contributed by atoms with van der Waals surface area (Å²) in [5, 5.41) is 18.5. The van der Waals surface area contributed by atoms with E-state index in [1.807, 2.05) is 32.9 Å². The molecule has 0 radical (unpaired) electrons. The molecule has 22 heavy (non-hydrogen) atoms. The second kappa shape index (κ2) is 5.78. The normalized spacial score (nSPS) is 18.2. The van der Waals surface area contributed by atoms with Gasteiger partial charge in [0.2, 0.25) is 0 Å². The lowest BCUT2D eigenvalue weighted by atomic mass is 10.3. The minimum atomic E-state index is -0.111. The topological polar surface area (TPSA) is 87.5 Å². The van der Waals surface area contributed by atoms with E-state index in [2.05, 4.69) is 30.8 Å². The number of urea groups is 1. The smallest absolute Gasteiger partial charge is 0.315 e. The van der Waals surface area contributed by atoms with Crippen molar-refractivity contribution in [2.75, 3.05) is 18.0 Å². The lowest BCUT2D eigenvalue weighted by molar-refractivity contribution is 0.235. The molecule has 0 aliphatic carbocycles. The molecule has 1 unspecified atom stereocenters. The second-order valence-electron chi connectivity index (χ2n) is 5.91. The molecule has 2 aromatic rings. The Hall–Kier alpha value is -2.38. The standard InChI is InChI=1S/C14H21N7O/c1-9(2)15-14(22)16-11-6-7-20(8-11)13-5-4-12-18-17-10(3)21(12)19-13/h4-5,9,11H,6-8H2,1-3H3,(H2,15,16,22). The predicted molar refractivity (Wildman–Crippen MR) is 82.9 cm³/mol. The van der Waals surface area contributed by atoms with E-state index in [4.69, 9.17) is 0 Å². The van der Waals surface area contributed by atoms with E-state index in [9.17, 15) is 4.79 Å². The quantitative estimate of drug-likeness (QED) is 0.872. The van der Waals surface area contributed by atoms with Crippen LogP contribution in [0, 0.1) is 6.92 Å². The Morgan fingerprint density at radius 2 is 2.18 bits per heavy atom. The van der Waals surface area contributed by atoms with Crippen LogP contribution < -0.4 is 15.5 Å². The molecule has 3 rings (SSSR count). The Balaban J connectivity index is 1.66. The zero-order valence-corrected chi connectivity index (χ0v) is 13.1. The van der Waals surface area contributed by atoms with Gasteiger partial charge in [-0.25, -0.2) is 4.79 Å². The molecule has 0 spiro atoms. The third-order valence-electron chi connectivity index (χ3n) is 3.67. The van der Waals surface area contributed by atoms with Crippen LogP contribution in [0.3, 0.4) is 0 Å². The van der Waals surface area contributed by atoms with Crippen LogP contribution in [0.5, 0.6) is 0 Å². The van der Waals surface area contributed by atoms with Gasteiger partial charge in [-0.1, -0.05) is 0 Å². The van der Waals surface area contributed by atoms with Gasteiger partial charge in [-0.05, 0) is 39.3 Å². The summed E-state index contributed by atoms with van der Waals surface area (Å²) in [6.45, 7) is 7.39. The van der Waals surface area contributed by atoms with Gasteiger partial charge < -0.3 is 15.5 Å². The number of hydrogen-bond acceptors (Lipinski definition) is 5. The van der Waals surface area contributed by atoms with Crippen molar-refractivity contribution in [3.63, 3.8) is 0 Å². The number of nitrogens with zero attached hydrogens (tertiary/aromatic N) is 5. The van der Waals surface area contributed by atoms with Crippen LogP contribution in [0.1, 0.15) is 26.1 Å². The molecule has 1 saturated heterocycles. The van der Waals surface area contributed by atoms with E-state index in [-0.39, 0.29) is 18.1 Å². The molecule has 2 aromatic heterocycles. The van der Waals surface area contributed by atoms with Crippen LogP contribution in [0.2, 0.25) is 0 Å². The van der Waals surface area contributed by atoms with Gasteiger partial charge in [-0.3, -0.25) is 0 Å². The van der Waals surface area contributed by atoms with Crippen molar-refractivity contribution in [2.45, 2.75) is 39.3 Å². The number of aryl methyl sites for hydroxylation is 1. The van der Waals surface area contributed by atoms with E-state index in [1.165, 1.54) is 0 Å². The zero-order valence-electron chi connectivity index (χ0n) is 13.1. The maximum atomic E-state index is 11.8. The lowest BCUT2D eigenvalue weighted by Gasteiger charge is -2.18. The summed E-state index contributed by atoms with van der Waals surface area (Å²) in [5.74, 6) is 1.64. The third kappa shape index (κ3) is 2.95. The average Bonchev–Trinajstić information content (AvgIpc) is 3.05. The minimum Gasteiger partial charge on any atom is -0.353 e. The number of fused-ring (bicyclic) bond motifs is 1. The number of aromatic nitrogens is 4. The van der Waals surface area contributed by atoms with Crippen molar-refractivity contribution < 1.29 is 4.79 Å². The average molecular weight is 303 g/mol. The van der Waals surface area contributed by atoms with Gasteiger partial charge in [0, 0.05) is 25.2 Å². The Bertz CT molecular complexity index is 681. The number of anilines is 1. The number of carbonyl (C=O) groups excluding carboxylic acids is 1. The summed E-state index contributed by atoms with van der Waals surface area (Å²) in [5.41, 5.74) is 0.742. The first-order chi connectivity index (χ1) is 10.5. The monoisotopic (exact) mass is 303 g/mol. The number of amides is 2. The fraction of sp³-hybridized carbons (Fsp3) is 0.571. The van der Waals surface area contributed by atoms with Crippen molar-refractivity contribution in [1.82, 2.24) is 30.4 Å². The van der Waals surface area contributed by atoms with Crippen LogP contribution in [0.4, 0.5) is 10.6 Å². The summed E-state index contributed by atoms with van der Waals surface area (Å²) in [4.78, 5) is 13.9. The van der Waals surface area contributed by atoms with Gasteiger partial charge in [0.05, 0.1) is 0 Å². The van der Waals surface area contributed by atoms with E-state index in [1.54, 1.807) is 4.52 Å². The van der Waals surface area contributed by atoms with Crippen molar-refractivity contribution in [1.29, 1.82) is 0 Å². The van der Waals surface area contributed by atoms with Crippen molar-refractivity contribution in [3.8, 4) is 0 Å². The minimum absolute atomic E-state index is 0.111. The van der Waals surface area contributed by atoms with Crippen LogP contribution in [-0.4, -0.2) is 51.0 Å². The molecule has 3 heterocycles. The van der Waals surface area contributed by atoms with Gasteiger partial charge in [-0.15, -0.1) is 15.3 Å². The third-order valence-corrected chi connectivity index (χ3v) is 3.67. The van der Waals surface area contributed by atoms with Gasteiger partial charge in [0.15, 0.2) is 11.5 Å². The molecule has 8 nitrogen and oxygen atoms in total. The van der Waals surface area contributed by atoms with Crippen molar-refractivity contribution in [2.24, 2.45) is 0 Å². The Labute approximate surface area is 128 Å². The Kier molecular flexibility index (Phi) is 3.82. The molecule has 1 aliphatic heterocycles. The van der Waals surface area contributed by atoms with Crippen LogP contribution in [-0.2, 0) is 0 Å². The summed E-state index contributed by atoms with van der Waals surface area (Å²) in [7, 11) is 0. The molecule has 0 saturated carbocycles. The van der Waals surface area contributed by atoms with Gasteiger partial charge in [0.25, 0.3) is 0 Å². The highest BCUT2D eigenvalue weighted by molar-refractivity contribution is 5.74. The van der Waals surface area contributed by atoms with E-state index >= 15 is 0 Å². The summed E-state index contributed by atoms with van der Waals surface area (Å²) >= 11 is 0. The molecule has 0 aromatic carbocycles. The molecule has 2 amide bonds. The van der Waals surface area contributed by atoms with E-state index < -0.39 is 0 Å². The summed E-state index contributed by atoms with van der Waals surface area (Å²) in [6, 6.07) is 4.02. The first kappa shape index (κ1) is 14.6. The highest BCUT2D eigenvalue weighted by Gasteiger charge is 2.25. The summed E-state index contributed by atoms with van der Waals surface area (Å²) in [6.07, 6.45) is 0.909. The fourth-order valence-electron chi connectivity index (χ4n) is 2.63. The highest BCUT2D eigenvalue weighted by atomic mass is 16.2. The molecule has 118 valence electrons. The SMILES string of the molecule is Cc1nnc2ccc(N3CCC(NC(=O)NC(C)C)C3)nn12. The number of hydrogen-bond donors (Lipinski definition) is 2. The number of nitrogens with one attached hydrogen (secondary N) is 2. The zero-order chi connectivity index (χ0) is 15.7. The largest absolute Gasteiger partial charge is 0.353 e. The van der Waals surface area contributed by atoms with Gasteiger partial charge in [-0.2, -0.15) is 4.52 Å². The summed E-state index contributed by atoms with van der Waals surface area (Å²) < 4.78 is 1.74. The first-order valence-corrected chi connectivity index (χ1v) is 7.54. The van der Waals surface area contributed by atoms with Crippen LogP contribution >= 0.6 is 0 Å². The predicted octanol–water partition coefficient (Wildman–Crippen LogP) is 0.719. The maximum Gasteiger partial charge on any atom is 0.315 e. The number of rotatable bonds is 3. The molecule has 0 bridgehead atoms. The van der Waals surface area contributed by atoms with Crippen molar-refractivity contribution in [3.05, 3.63) is 18.0 Å². The maximum absolute atomic E-state index is 11.8. The molecule has 1 aliphatic rings. The molecule has 1 atom stereocenters. The van der Waals surface area contributed by atoms with Crippen molar-refractivity contribution >= 4 is 17.5 Å². The Morgan fingerprint density at radius 1 is 1.36 bits per heavy atom. The highest BCUT2D eigenvalue weighted by Crippen LogP contribution is 2.18. The van der Waals surface area contributed by atoms with E-state index in [0.717, 1.165) is 36.8 Å². The van der Waals surface area contributed by atoms with Gasteiger partial charge >= 0.3 is 6.03 Å². The second-order valence-corrected chi connectivity index (χ2v) is 5.91. The fourth-order valence-corrected chi connectivity index (χ4v) is 2.63. The van der Waals surface area contributed by atoms with E-state index in [0.29, 0.717) is 0 Å². The van der Waals surface area contributed by atoms with Gasteiger partial charge in [0.1, 0.15) is 5.82 Å².